The Labute approximate surface area is 159 Å². The molecule has 2 aromatic carbocycles. The summed E-state index contributed by atoms with van der Waals surface area (Å²) in [7, 11) is 0. The standard InChI is InChI=1S/C22H24N2O3/c25-21(24-12-10-23(11-13-24)18-4-2-1-3-5-18)17-6-7-19-20(14-17)27-16-22(8-9-22)15-26-19/h1-7,14H,8-13,15-16H2. The van der Waals surface area contributed by atoms with Gasteiger partial charge in [-0.25, -0.2) is 0 Å². The van der Waals surface area contributed by atoms with Gasteiger partial charge in [0.05, 0.1) is 13.2 Å². The average Bonchev–Trinajstić information content (AvgIpc) is 3.54. The van der Waals surface area contributed by atoms with E-state index in [4.69, 9.17) is 9.47 Å². The Morgan fingerprint density at radius 1 is 0.852 bits per heavy atom. The van der Waals surface area contributed by atoms with Crippen LogP contribution in [-0.2, 0) is 0 Å². The molecule has 2 aliphatic heterocycles. The second kappa shape index (κ2) is 6.48. The highest BCUT2D eigenvalue weighted by molar-refractivity contribution is 5.95. The van der Waals surface area contributed by atoms with Crippen molar-refractivity contribution in [1.82, 2.24) is 4.90 Å². The normalized spacial score (nSPS) is 20.3. The molecule has 0 N–H and O–H groups in total. The van der Waals surface area contributed by atoms with Crippen LogP contribution >= 0.6 is 0 Å². The zero-order valence-corrected chi connectivity index (χ0v) is 15.4. The molecule has 140 valence electrons. The largest absolute Gasteiger partial charge is 0.489 e. The molecule has 5 nitrogen and oxygen atoms in total. The molecule has 5 heteroatoms. The molecule has 2 aromatic rings. The van der Waals surface area contributed by atoms with Gasteiger partial charge in [0.2, 0.25) is 0 Å². The molecule has 1 amide bonds. The van der Waals surface area contributed by atoms with Crippen LogP contribution in [0.5, 0.6) is 11.5 Å². The van der Waals surface area contributed by atoms with Gasteiger partial charge in [-0.1, -0.05) is 18.2 Å². The maximum absolute atomic E-state index is 13.0. The lowest BCUT2D eigenvalue weighted by Crippen LogP contribution is -2.48. The summed E-state index contributed by atoms with van der Waals surface area (Å²) in [6, 6.07) is 16.0. The van der Waals surface area contributed by atoms with E-state index in [1.165, 1.54) is 18.5 Å². The molecule has 2 heterocycles. The number of hydrogen-bond acceptors (Lipinski definition) is 4. The zero-order chi connectivity index (χ0) is 18.3. The van der Waals surface area contributed by atoms with Gasteiger partial charge in [-0.05, 0) is 43.2 Å². The van der Waals surface area contributed by atoms with E-state index in [-0.39, 0.29) is 11.3 Å². The number of carbonyl (C=O) groups is 1. The predicted molar refractivity (Wildman–Crippen MR) is 104 cm³/mol. The van der Waals surface area contributed by atoms with E-state index < -0.39 is 0 Å². The van der Waals surface area contributed by atoms with Crippen LogP contribution in [0.4, 0.5) is 5.69 Å². The fourth-order valence-corrected chi connectivity index (χ4v) is 3.83. The van der Waals surface area contributed by atoms with E-state index in [1.807, 2.05) is 29.2 Å². The summed E-state index contributed by atoms with van der Waals surface area (Å²) in [5.41, 5.74) is 2.10. The molecule has 0 atom stereocenters. The number of benzene rings is 2. The molecule has 5 rings (SSSR count). The van der Waals surface area contributed by atoms with Gasteiger partial charge >= 0.3 is 0 Å². The predicted octanol–water partition coefficient (Wildman–Crippen LogP) is 3.20. The van der Waals surface area contributed by atoms with Crippen LogP contribution in [0.1, 0.15) is 23.2 Å². The summed E-state index contributed by atoms with van der Waals surface area (Å²) in [5.74, 6) is 1.52. The molecule has 1 aliphatic carbocycles. The fraction of sp³-hybridized carbons (Fsp3) is 0.409. The van der Waals surface area contributed by atoms with Crippen LogP contribution in [0.15, 0.2) is 48.5 Å². The highest BCUT2D eigenvalue weighted by Gasteiger charge is 2.46. The number of amides is 1. The highest BCUT2D eigenvalue weighted by Crippen LogP contribution is 2.49. The SMILES string of the molecule is O=C(c1ccc2c(c1)OCC1(CC1)CO2)N1CCN(c2ccccc2)CC1. The first kappa shape index (κ1) is 16.5. The van der Waals surface area contributed by atoms with Crippen molar-refractivity contribution in [1.29, 1.82) is 0 Å². The number of fused-ring (bicyclic) bond motifs is 1. The first-order valence-electron chi connectivity index (χ1n) is 9.71. The summed E-state index contributed by atoms with van der Waals surface area (Å²) in [4.78, 5) is 17.2. The van der Waals surface area contributed by atoms with Gasteiger partial charge in [-0.3, -0.25) is 4.79 Å². The van der Waals surface area contributed by atoms with E-state index in [1.54, 1.807) is 0 Å². The number of piperazine rings is 1. The van der Waals surface area contributed by atoms with E-state index in [2.05, 4.69) is 29.2 Å². The Bertz CT molecular complexity index is 840. The van der Waals surface area contributed by atoms with Gasteiger partial charge in [-0.15, -0.1) is 0 Å². The lowest BCUT2D eigenvalue weighted by molar-refractivity contribution is 0.0746. The molecule has 0 aromatic heterocycles. The van der Waals surface area contributed by atoms with Gasteiger partial charge in [-0.2, -0.15) is 0 Å². The van der Waals surface area contributed by atoms with Gasteiger partial charge in [0, 0.05) is 42.8 Å². The molecule has 1 saturated heterocycles. The number of anilines is 1. The molecule has 3 aliphatic rings. The number of carbonyl (C=O) groups excluding carboxylic acids is 1. The third-order valence-corrected chi connectivity index (χ3v) is 5.90. The molecule has 0 radical (unpaired) electrons. The maximum Gasteiger partial charge on any atom is 0.254 e. The van der Waals surface area contributed by atoms with E-state index in [0.717, 1.165) is 38.5 Å². The average molecular weight is 364 g/mol. The molecular weight excluding hydrogens is 340 g/mol. The molecule has 0 unspecified atom stereocenters. The van der Waals surface area contributed by atoms with Crippen LogP contribution in [0.2, 0.25) is 0 Å². The van der Waals surface area contributed by atoms with Crippen LogP contribution in [-0.4, -0.2) is 50.2 Å². The third-order valence-electron chi connectivity index (χ3n) is 5.90. The molecule has 27 heavy (non-hydrogen) atoms. The number of rotatable bonds is 2. The molecular formula is C22H24N2O3. The van der Waals surface area contributed by atoms with Gasteiger partial charge < -0.3 is 19.3 Å². The van der Waals surface area contributed by atoms with Crippen molar-refractivity contribution in [2.75, 3.05) is 44.3 Å². The summed E-state index contributed by atoms with van der Waals surface area (Å²) < 4.78 is 11.9. The smallest absolute Gasteiger partial charge is 0.254 e. The zero-order valence-electron chi connectivity index (χ0n) is 15.4. The van der Waals surface area contributed by atoms with E-state index in [9.17, 15) is 4.79 Å². The monoisotopic (exact) mass is 364 g/mol. The quantitative estimate of drug-likeness (QED) is 0.821. The summed E-state index contributed by atoms with van der Waals surface area (Å²) in [6.45, 7) is 4.56. The Balaban J connectivity index is 1.26. The second-order valence-corrected chi connectivity index (χ2v) is 7.85. The van der Waals surface area contributed by atoms with Crippen LogP contribution < -0.4 is 14.4 Å². The topological polar surface area (TPSA) is 42.0 Å². The van der Waals surface area contributed by atoms with Gasteiger partial charge in [0.15, 0.2) is 11.5 Å². The Morgan fingerprint density at radius 3 is 2.26 bits per heavy atom. The van der Waals surface area contributed by atoms with Crippen LogP contribution in [0.25, 0.3) is 0 Å². The molecule has 1 spiro atoms. The Hall–Kier alpha value is -2.69. The lowest BCUT2D eigenvalue weighted by atomic mass is 10.1. The van der Waals surface area contributed by atoms with Crippen LogP contribution in [0, 0.1) is 5.41 Å². The van der Waals surface area contributed by atoms with Crippen molar-refractivity contribution in [2.24, 2.45) is 5.41 Å². The van der Waals surface area contributed by atoms with Crippen molar-refractivity contribution in [3.63, 3.8) is 0 Å². The minimum absolute atomic E-state index is 0.0690. The molecule has 0 bridgehead atoms. The highest BCUT2D eigenvalue weighted by atomic mass is 16.5. The van der Waals surface area contributed by atoms with Crippen molar-refractivity contribution in [3.05, 3.63) is 54.1 Å². The first-order valence-corrected chi connectivity index (χ1v) is 9.71. The van der Waals surface area contributed by atoms with Gasteiger partial charge in [0.1, 0.15) is 0 Å². The summed E-state index contributed by atoms with van der Waals surface area (Å²) in [6.07, 6.45) is 2.33. The second-order valence-electron chi connectivity index (χ2n) is 7.85. The fourth-order valence-electron chi connectivity index (χ4n) is 3.83. The van der Waals surface area contributed by atoms with Gasteiger partial charge in [0.25, 0.3) is 5.91 Å². The van der Waals surface area contributed by atoms with Crippen molar-refractivity contribution in [3.8, 4) is 11.5 Å². The molecule has 2 fully saturated rings. The Morgan fingerprint density at radius 2 is 1.56 bits per heavy atom. The Kier molecular flexibility index (Phi) is 3.96. The number of ether oxygens (including phenoxy) is 2. The number of nitrogens with zero attached hydrogens (tertiary/aromatic N) is 2. The lowest BCUT2D eigenvalue weighted by Gasteiger charge is -2.36. The van der Waals surface area contributed by atoms with Crippen molar-refractivity contribution in [2.45, 2.75) is 12.8 Å². The first-order chi connectivity index (χ1) is 13.2. The summed E-state index contributed by atoms with van der Waals surface area (Å²) >= 11 is 0. The van der Waals surface area contributed by atoms with Crippen molar-refractivity contribution >= 4 is 11.6 Å². The van der Waals surface area contributed by atoms with Crippen molar-refractivity contribution < 1.29 is 14.3 Å². The minimum atomic E-state index is 0.0690. The number of hydrogen-bond donors (Lipinski definition) is 0. The van der Waals surface area contributed by atoms with Crippen LogP contribution in [0.3, 0.4) is 0 Å². The molecule has 1 saturated carbocycles. The third kappa shape index (κ3) is 3.22. The summed E-state index contributed by atoms with van der Waals surface area (Å²) in [5, 5.41) is 0. The van der Waals surface area contributed by atoms with E-state index in [0.29, 0.717) is 17.9 Å². The number of para-hydroxylation sites is 1. The maximum atomic E-state index is 13.0. The van der Waals surface area contributed by atoms with E-state index >= 15 is 0 Å². The minimum Gasteiger partial charge on any atom is -0.489 e.